The highest BCUT2D eigenvalue weighted by atomic mass is 32.2. The van der Waals surface area contributed by atoms with Crippen LogP contribution >= 0.6 is 11.3 Å². The number of nitrogens with zero attached hydrogens (tertiary/aromatic N) is 2. The number of halogens is 3. The molecular formula is C53H31F3N2O5S2. The molecule has 316 valence electrons. The molecule has 7 nitrogen and oxygen atoms in total. The van der Waals surface area contributed by atoms with Gasteiger partial charge in [0.25, 0.3) is 0 Å². The molecule has 0 spiro atoms. The maximum absolute atomic E-state index is 14.1. The van der Waals surface area contributed by atoms with Crippen molar-refractivity contribution in [2.75, 3.05) is 9.80 Å². The SMILES string of the molecule is O=S(=O)(Oc1cc(N(c2ccccc2)c2cccc3oc4ccccc4c23)c2sc3ccc(N(c4ccccc4)c4cccc5c4oc4c6ccccc6ccc54)cc3c2c1)C(F)(F)F. The lowest BCUT2D eigenvalue weighted by Gasteiger charge is -2.27. The van der Waals surface area contributed by atoms with Gasteiger partial charge in [0.05, 0.1) is 27.1 Å². The molecule has 0 saturated carbocycles. The number of alkyl halides is 3. The van der Waals surface area contributed by atoms with E-state index in [1.54, 1.807) is 0 Å². The second kappa shape index (κ2) is 14.6. The van der Waals surface area contributed by atoms with Gasteiger partial charge in [-0.2, -0.15) is 21.6 Å². The largest absolute Gasteiger partial charge is 0.534 e. The van der Waals surface area contributed by atoms with Crippen LogP contribution in [-0.2, 0) is 10.1 Å². The molecule has 9 aromatic carbocycles. The van der Waals surface area contributed by atoms with Gasteiger partial charge in [0.2, 0.25) is 0 Å². The quantitative estimate of drug-likeness (QED) is 0.111. The van der Waals surface area contributed by atoms with Crippen LogP contribution in [0.1, 0.15) is 0 Å². The van der Waals surface area contributed by atoms with Gasteiger partial charge in [-0.25, -0.2) is 0 Å². The zero-order valence-corrected chi connectivity index (χ0v) is 35.4. The number of anilines is 6. The van der Waals surface area contributed by atoms with Crippen LogP contribution in [0.2, 0.25) is 0 Å². The van der Waals surface area contributed by atoms with Gasteiger partial charge in [-0.15, -0.1) is 11.3 Å². The number of benzene rings is 9. The Kier molecular flexibility index (Phi) is 8.74. The molecule has 12 aromatic rings. The van der Waals surface area contributed by atoms with E-state index >= 15 is 0 Å². The summed E-state index contributed by atoms with van der Waals surface area (Å²) in [4.78, 5) is 4.00. The molecular weight excluding hydrogens is 866 g/mol. The summed E-state index contributed by atoms with van der Waals surface area (Å²) in [5.41, 5.74) is 1.10. The minimum absolute atomic E-state index is 0.404. The van der Waals surface area contributed by atoms with E-state index in [9.17, 15) is 21.6 Å². The van der Waals surface area contributed by atoms with Gasteiger partial charge in [0.1, 0.15) is 22.5 Å². The van der Waals surface area contributed by atoms with Gasteiger partial charge in [0, 0.05) is 60.1 Å². The number of thiophene rings is 1. The van der Waals surface area contributed by atoms with Crippen molar-refractivity contribution in [3.8, 4) is 5.75 Å². The fourth-order valence-electron chi connectivity index (χ4n) is 8.97. The van der Waals surface area contributed by atoms with E-state index in [4.69, 9.17) is 13.0 Å². The van der Waals surface area contributed by atoms with Crippen molar-refractivity contribution in [3.05, 3.63) is 188 Å². The van der Waals surface area contributed by atoms with Crippen LogP contribution in [-0.4, -0.2) is 13.9 Å². The Balaban J connectivity index is 1.13. The molecule has 0 aliphatic heterocycles. The highest BCUT2D eigenvalue weighted by molar-refractivity contribution is 7.88. The smallest absolute Gasteiger partial charge is 0.456 e. The van der Waals surface area contributed by atoms with E-state index in [-0.39, 0.29) is 0 Å². The van der Waals surface area contributed by atoms with E-state index in [1.807, 2.05) is 163 Å². The van der Waals surface area contributed by atoms with E-state index in [0.29, 0.717) is 49.3 Å². The molecule has 0 fully saturated rings. The number of hydrogen-bond acceptors (Lipinski definition) is 8. The normalized spacial score (nSPS) is 12.4. The van der Waals surface area contributed by atoms with Crippen molar-refractivity contribution in [3.63, 3.8) is 0 Å². The average molecular weight is 897 g/mol. The third kappa shape index (κ3) is 6.28. The van der Waals surface area contributed by atoms with Gasteiger partial charge in [-0.1, -0.05) is 103 Å². The Morgan fingerprint density at radius 3 is 1.91 bits per heavy atom. The van der Waals surface area contributed by atoms with Gasteiger partial charge >= 0.3 is 15.6 Å². The van der Waals surface area contributed by atoms with Crippen LogP contribution in [0.4, 0.5) is 47.3 Å². The van der Waals surface area contributed by atoms with Crippen LogP contribution < -0.4 is 14.0 Å². The summed E-state index contributed by atoms with van der Waals surface area (Å²) in [6.07, 6.45) is 0. The van der Waals surface area contributed by atoms with E-state index in [2.05, 4.69) is 23.1 Å². The molecule has 0 unspecified atom stereocenters. The molecule has 0 amide bonds. The molecule has 12 heteroatoms. The molecule has 0 aliphatic carbocycles. The number of furan rings is 2. The summed E-state index contributed by atoms with van der Waals surface area (Å²) in [6, 6.07) is 59.4. The molecule has 12 rings (SSSR count). The van der Waals surface area contributed by atoms with Crippen molar-refractivity contribution in [1.82, 2.24) is 0 Å². The Morgan fingerprint density at radius 2 is 1.12 bits per heavy atom. The molecule has 0 aliphatic rings. The third-order valence-corrected chi connectivity index (χ3v) is 13.9. The average Bonchev–Trinajstić information content (AvgIpc) is 4.02. The summed E-state index contributed by atoms with van der Waals surface area (Å²) < 4.78 is 87.4. The number of para-hydroxylation sites is 4. The lowest BCUT2D eigenvalue weighted by Crippen LogP contribution is -2.28. The Bertz CT molecular complexity index is 3960. The molecule has 0 saturated heterocycles. The van der Waals surface area contributed by atoms with Crippen LogP contribution in [0, 0.1) is 0 Å². The van der Waals surface area contributed by atoms with Crippen LogP contribution in [0.15, 0.2) is 197 Å². The summed E-state index contributed by atoms with van der Waals surface area (Å²) in [6.45, 7) is 0. The Morgan fingerprint density at radius 1 is 0.477 bits per heavy atom. The van der Waals surface area contributed by atoms with E-state index < -0.39 is 21.4 Å². The second-order valence-electron chi connectivity index (χ2n) is 15.6. The van der Waals surface area contributed by atoms with Crippen LogP contribution in [0.25, 0.3) is 74.8 Å². The zero-order chi connectivity index (χ0) is 44.0. The monoisotopic (exact) mass is 896 g/mol. The van der Waals surface area contributed by atoms with Crippen molar-refractivity contribution in [2.24, 2.45) is 0 Å². The molecule has 3 heterocycles. The van der Waals surface area contributed by atoms with Crippen molar-refractivity contribution in [1.29, 1.82) is 0 Å². The first-order chi connectivity index (χ1) is 31.6. The summed E-state index contributed by atoms with van der Waals surface area (Å²) in [7, 11) is -6.07. The lowest BCUT2D eigenvalue weighted by molar-refractivity contribution is -0.0500. The predicted molar refractivity (Wildman–Crippen MR) is 256 cm³/mol. The summed E-state index contributed by atoms with van der Waals surface area (Å²) in [5.74, 6) is -0.501. The first-order valence-electron chi connectivity index (χ1n) is 20.6. The maximum atomic E-state index is 14.1. The first kappa shape index (κ1) is 38.8. The summed E-state index contributed by atoms with van der Waals surface area (Å²) >= 11 is 1.44. The van der Waals surface area contributed by atoms with Gasteiger partial charge in [-0.3, -0.25) is 0 Å². The molecule has 0 bridgehead atoms. The second-order valence-corrected chi connectivity index (χ2v) is 18.2. The highest BCUT2D eigenvalue weighted by Crippen LogP contribution is 2.51. The molecule has 65 heavy (non-hydrogen) atoms. The van der Waals surface area contributed by atoms with Crippen LogP contribution in [0.5, 0.6) is 5.75 Å². The Labute approximate surface area is 372 Å². The minimum atomic E-state index is -6.07. The Hall–Kier alpha value is -7.80. The molecule has 3 aromatic heterocycles. The maximum Gasteiger partial charge on any atom is 0.534 e. The topological polar surface area (TPSA) is 76.1 Å². The van der Waals surface area contributed by atoms with Gasteiger partial charge in [0.15, 0.2) is 5.58 Å². The van der Waals surface area contributed by atoms with E-state index in [1.165, 1.54) is 23.5 Å². The molecule has 0 atom stereocenters. The predicted octanol–water partition coefficient (Wildman–Crippen LogP) is 16.2. The highest BCUT2D eigenvalue weighted by Gasteiger charge is 2.48. The number of rotatable bonds is 8. The molecule has 0 N–H and O–H groups in total. The van der Waals surface area contributed by atoms with Crippen LogP contribution in [0.3, 0.4) is 0 Å². The molecule has 0 radical (unpaired) electrons. The minimum Gasteiger partial charge on any atom is -0.456 e. The standard InChI is InChI=1S/C53H31F3N2O5S2/c54-53(55,56)65(59,60)63-36-30-42-41-29-35(57(33-14-3-1-4-15-33)44-22-11-20-38-39-27-25-32-13-7-8-18-37(32)50(39)62-51(38)44)26-28-48(41)64-52(42)45(31-36)58(34-16-5-2-6-17-34)43-21-12-24-47-49(43)40-19-9-10-23-46(40)61-47/h1-31H. The van der Waals surface area contributed by atoms with E-state index in [0.717, 1.165) is 59.7 Å². The number of fused-ring (bicyclic) bond motifs is 11. The summed E-state index contributed by atoms with van der Waals surface area (Å²) in [5, 5.41) is 6.72. The first-order valence-corrected chi connectivity index (χ1v) is 22.8. The number of hydrogen-bond donors (Lipinski definition) is 0. The van der Waals surface area contributed by atoms with Crippen molar-refractivity contribution in [2.45, 2.75) is 5.51 Å². The fourth-order valence-corrected chi connectivity index (χ4v) is 10.6. The van der Waals surface area contributed by atoms with Crippen molar-refractivity contribution < 1.29 is 34.6 Å². The van der Waals surface area contributed by atoms with Crippen molar-refractivity contribution >= 4 is 130 Å². The third-order valence-electron chi connectivity index (χ3n) is 11.8. The van der Waals surface area contributed by atoms with Gasteiger partial charge in [-0.05, 0) is 84.2 Å². The van der Waals surface area contributed by atoms with Gasteiger partial charge < -0.3 is 22.8 Å². The lowest BCUT2D eigenvalue weighted by atomic mass is 10.0. The fraction of sp³-hybridized carbons (Fsp3) is 0.0189. The zero-order valence-electron chi connectivity index (χ0n) is 33.8.